The number of hydrogen-bond acceptors (Lipinski definition) is 4. The molecule has 0 saturated heterocycles. The third kappa shape index (κ3) is 9.85. The molecule has 0 saturated carbocycles. The predicted octanol–water partition coefficient (Wildman–Crippen LogP) is 3.65. The number of nitrogens with zero attached hydrogens (tertiary/aromatic N) is 1. The van der Waals surface area contributed by atoms with Crippen LogP contribution in [0, 0.1) is 0 Å². The maximum absolute atomic E-state index is 11.7. The van der Waals surface area contributed by atoms with Crippen molar-refractivity contribution < 1.29 is 17.4 Å². The first-order chi connectivity index (χ1) is 9.95. The maximum atomic E-state index is 11.7. The Hall–Kier alpha value is -0.620. The SMILES string of the molecule is CCCCCCCCCCCC(=O)N(C)S(=O)(=O)OCC. The Balaban J connectivity index is 3.66. The van der Waals surface area contributed by atoms with Gasteiger partial charge >= 0.3 is 10.3 Å². The molecular weight excluding hydrogens is 290 g/mol. The van der Waals surface area contributed by atoms with Crippen LogP contribution >= 0.6 is 0 Å². The molecule has 1 amide bonds. The third-order valence-electron chi connectivity index (χ3n) is 3.45. The van der Waals surface area contributed by atoms with Gasteiger partial charge < -0.3 is 0 Å². The predicted molar refractivity (Wildman–Crippen MR) is 85.2 cm³/mol. The molecular formula is C15H31NO4S. The average Bonchev–Trinajstić information content (AvgIpc) is 2.44. The molecule has 0 aliphatic carbocycles. The van der Waals surface area contributed by atoms with Crippen molar-refractivity contribution in [3.63, 3.8) is 0 Å². The Bertz CT molecular complexity index is 368. The van der Waals surface area contributed by atoms with Crippen molar-refractivity contribution in [2.75, 3.05) is 13.7 Å². The molecule has 0 fully saturated rings. The molecule has 0 bridgehead atoms. The van der Waals surface area contributed by atoms with Gasteiger partial charge in [-0.15, -0.1) is 0 Å². The molecule has 6 heteroatoms. The van der Waals surface area contributed by atoms with Crippen LogP contribution < -0.4 is 0 Å². The second kappa shape index (κ2) is 12.0. The van der Waals surface area contributed by atoms with Gasteiger partial charge in [-0.1, -0.05) is 58.3 Å². The van der Waals surface area contributed by atoms with Gasteiger partial charge in [0.25, 0.3) is 0 Å². The van der Waals surface area contributed by atoms with Gasteiger partial charge in [0.15, 0.2) is 0 Å². The third-order valence-corrected chi connectivity index (χ3v) is 4.86. The lowest BCUT2D eigenvalue weighted by Crippen LogP contribution is -2.34. The number of amides is 1. The fourth-order valence-corrected chi connectivity index (χ4v) is 2.89. The summed E-state index contributed by atoms with van der Waals surface area (Å²) in [4.78, 5) is 11.7. The minimum atomic E-state index is -3.89. The summed E-state index contributed by atoms with van der Waals surface area (Å²) in [7, 11) is -2.63. The fourth-order valence-electron chi connectivity index (χ4n) is 2.10. The van der Waals surface area contributed by atoms with Gasteiger partial charge in [-0.2, -0.15) is 8.42 Å². The molecule has 0 atom stereocenters. The zero-order valence-corrected chi connectivity index (χ0v) is 14.6. The van der Waals surface area contributed by atoms with E-state index in [9.17, 15) is 13.2 Å². The molecule has 0 spiro atoms. The van der Waals surface area contributed by atoms with Gasteiger partial charge in [-0.05, 0) is 13.3 Å². The van der Waals surface area contributed by atoms with Crippen molar-refractivity contribution in [1.29, 1.82) is 0 Å². The highest BCUT2D eigenvalue weighted by molar-refractivity contribution is 7.84. The van der Waals surface area contributed by atoms with Gasteiger partial charge in [0, 0.05) is 13.5 Å². The zero-order valence-electron chi connectivity index (χ0n) is 13.8. The van der Waals surface area contributed by atoms with Gasteiger partial charge in [0.2, 0.25) is 5.91 Å². The topological polar surface area (TPSA) is 63.7 Å². The van der Waals surface area contributed by atoms with E-state index < -0.39 is 16.2 Å². The summed E-state index contributed by atoms with van der Waals surface area (Å²) in [6.07, 6.45) is 10.7. The highest BCUT2D eigenvalue weighted by Crippen LogP contribution is 2.12. The van der Waals surface area contributed by atoms with E-state index in [4.69, 9.17) is 0 Å². The molecule has 0 N–H and O–H groups in total. The Morgan fingerprint density at radius 1 is 0.905 bits per heavy atom. The van der Waals surface area contributed by atoms with E-state index in [0.29, 0.717) is 4.31 Å². The van der Waals surface area contributed by atoms with Crippen LogP contribution in [0.3, 0.4) is 0 Å². The molecule has 5 nitrogen and oxygen atoms in total. The van der Waals surface area contributed by atoms with Crippen LogP contribution in [0.4, 0.5) is 0 Å². The van der Waals surface area contributed by atoms with Crippen molar-refractivity contribution in [1.82, 2.24) is 4.31 Å². The van der Waals surface area contributed by atoms with E-state index in [1.807, 2.05) is 0 Å². The molecule has 21 heavy (non-hydrogen) atoms. The van der Waals surface area contributed by atoms with Crippen molar-refractivity contribution in [3.8, 4) is 0 Å². The summed E-state index contributed by atoms with van der Waals surface area (Å²) in [5.74, 6) is -0.397. The van der Waals surface area contributed by atoms with Crippen LogP contribution in [-0.4, -0.2) is 32.3 Å². The number of hydrogen-bond donors (Lipinski definition) is 0. The number of carbonyl (C=O) groups is 1. The molecule has 0 heterocycles. The summed E-state index contributed by atoms with van der Waals surface area (Å²) in [5.41, 5.74) is 0. The normalized spacial score (nSPS) is 11.6. The van der Waals surface area contributed by atoms with Crippen molar-refractivity contribution in [3.05, 3.63) is 0 Å². The first-order valence-corrected chi connectivity index (χ1v) is 9.48. The molecule has 0 aliphatic heterocycles. The van der Waals surface area contributed by atoms with E-state index in [2.05, 4.69) is 11.1 Å². The van der Waals surface area contributed by atoms with Crippen LogP contribution in [0.2, 0.25) is 0 Å². The first kappa shape index (κ1) is 20.4. The van der Waals surface area contributed by atoms with E-state index in [0.717, 1.165) is 19.3 Å². The van der Waals surface area contributed by atoms with Gasteiger partial charge in [-0.25, -0.2) is 4.31 Å². The van der Waals surface area contributed by atoms with E-state index in [1.54, 1.807) is 6.92 Å². The number of unbranched alkanes of at least 4 members (excludes halogenated alkanes) is 8. The van der Waals surface area contributed by atoms with Crippen molar-refractivity contribution in [2.45, 2.75) is 78.1 Å². The average molecular weight is 321 g/mol. The van der Waals surface area contributed by atoms with Crippen LogP contribution in [0.1, 0.15) is 78.1 Å². The monoisotopic (exact) mass is 321 g/mol. The lowest BCUT2D eigenvalue weighted by atomic mass is 10.1. The van der Waals surface area contributed by atoms with Crippen LogP contribution in [0.25, 0.3) is 0 Å². The Morgan fingerprint density at radius 3 is 1.86 bits per heavy atom. The smallest absolute Gasteiger partial charge is 0.274 e. The highest BCUT2D eigenvalue weighted by Gasteiger charge is 2.22. The standard InChI is InChI=1S/C15H31NO4S/c1-4-6-7-8-9-10-11-12-13-14-15(17)16(3)21(18,19)20-5-2/h4-14H2,1-3H3. The molecule has 0 unspecified atom stereocenters. The van der Waals surface area contributed by atoms with Crippen molar-refractivity contribution in [2.24, 2.45) is 0 Å². The lowest BCUT2D eigenvalue weighted by molar-refractivity contribution is -0.126. The van der Waals surface area contributed by atoms with Gasteiger partial charge in [0.05, 0.1) is 6.61 Å². The van der Waals surface area contributed by atoms with E-state index in [1.165, 1.54) is 45.6 Å². The summed E-state index contributed by atoms with van der Waals surface area (Å²) in [5, 5.41) is 0. The Morgan fingerprint density at radius 2 is 1.38 bits per heavy atom. The molecule has 0 radical (unpaired) electrons. The van der Waals surface area contributed by atoms with E-state index in [-0.39, 0.29) is 13.0 Å². The minimum Gasteiger partial charge on any atom is -0.274 e. The largest absolute Gasteiger partial charge is 0.364 e. The first-order valence-electron chi connectivity index (χ1n) is 8.11. The minimum absolute atomic E-state index is 0.0397. The van der Waals surface area contributed by atoms with E-state index >= 15 is 0 Å². The summed E-state index contributed by atoms with van der Waals surface area (Å²) >= 11 is 0. The molecule has 0 aromatic carbocycles. The van der Waals surface area contributed by atoms with Crippen LogP contribution in [-0.2, 0) is 19.3 Å². The van der Waals surface area contributed by atoms with Crippen LogP contribution in [0.5, 0.6) is 0 Å². The molecule has 0 aromatic rings. The summed E-state index contributed by atoms with van der Waals surface area (Å²) < 4.78 is 28.3. The quantitative estimate of drug-likeness (QED) is 0.486. The second-order valence-corrected chi connectivity index (χ2v) is 6.94. The zero-order chi connectivity index (χ0) is 16.1. The Labute approximate surface area is 130 Å². The van der Waals surface area contributed by atoms with Crippen molar-refractivity contribution >= 4 is 16.2 Å². The second-order valence-electron chi connectivity index (χ2n) is 5.30. The number of rotatable bonds is 13. The highest BCUT2D eigenvalue weighted by atomic mass is 32.2. The summed E-state index contributed by atoms with van der Waals surface area (Å²) in [6, 6.07) is 0. The summed E-state index contributed by atoms with van der Waals surface area (Å²) in [6.45, 7) is 3.83. The van der Waals surface area contributed by atoms with Gasteiger partial charge in [-0.3, -0.25) is 8.98 Å². The van der Waals surface area contributed by atoms with Gasteiger partial charge in [0.1, 0.15) is 0 Å². The Kier molecular flexibility index (Phi) is 11.6. The number of carbonyl (C=O) groups excluding carboxylic acids is 1. The fraction of sp³-hybridized carbons (Fsp3) is 0.933. The molecule has 0 rings (SSSR count). The lowest BCUT2D eigenvalue weighted by Gasteiger charge is -2.16. The maximum Gasteiger partial charge on any atom is 0.364 e. The molecule has 126 valence electrons. The molecule has 0 aromatic heterocycles. The van der Waals surface area contributed by atoms with Crippen LogP contribution in [0.15, 0.2) is 0 Å². The molecule has 0 aliphatic rings.